The second-order valence-electron chi connectivity index (χ2n) is 6.07. The molecule has 1 unspecified atom stereocenters. The Morgan fingerprint density at radius 1 is 1.21 bits per heavy atom. The Labute approximate surface area is 172 Å². The molecule has 12 heteroatoms. The molecule has 1 aromatic carbocycles. The van der Waals surface area contributed by atoms with Gasteiger partial charge in [0, 0.05) is 37.6 Å². The van der Waals surface area contributed by atoms with E-state index in [1.807, 2.05) is 32.7 Å². The van der Waals surface area contributed by atoms with Gasteiger partial charge in [-0.25, -0.2) is 0 Å². The fourth-order valence-electron chi connectivity index (χ4n) is 2.56. The molecule has 1 atom stereocenters. The number of halogens is 3. The average molecular weight is 446 g/mol. The summed E-state index contributed by atoms with van der Waals surface area (Å²) in [6.07, 6.45) is 0. The third kappa shape index (κ3) is 6.11. The average Bonchev–Trinajstić information content (AvgIpc) is 2.67. The van der Waals surface area contributed by atoms with E-state index in [0.29, 0.717) is 0 Å². The van der Waals surface area contributed by atoms with Crippen LogP contribution in [-0.2, 0) is 15.4 Å². The minimum Gasteiger partial charge on any atom is -0.371 e. The van der Waals surface area contributed by atoms with Gasteiger partial charge in [-0.2, -0.15) is 45.3 Å². The van der Waals surface area contributed by atoms with Gasteiger partial charge in [0.25, 0.3) is 0 Å². The van der Waals surface area contributed by atoms with Crippen LogP contribution in [-0.4, -0.2) is 40.5 Å². The molecule has 0 fully saturated rings. The van der Waals surface area contributed by atoms with E-state index >= 15 is 0 Å². The van der Waals surface area contributed by atoms with Gasteiger partial charge >= 0.3 is 15.5 Å². The van der Waals surface area contributed by atoms with E-state index in [9.17, 15) is 21.6 Å². The number of hydrogen-bond acceptors (Lipinski definition) is 6. The van der Waals surface area contributed by atoms with E-state index in [1.165, 1.54) is 12.1 Å². The zero-order chi connectivity index (χ0) is 19.6. The fourth-order valence-corrected chi connectivity index (χ4v) is 3.12. The predicted octanol–water partition coefficient (Wildman–Crippen LogP) is 4.28. The first-order valence-corrected chi connectivity index (χ1v) is 8.66. The minimum absolute atomic E-state index is 0. The summed E-state index contributed by atoms with van der Waals surface area (Å²) in [5, 5.41) is 6.00. The van der Waals surface area contributed by atoms with Crippen molar-refractivity contribution in [1.82, 2.24) is 6.15 Å². The van der Waals surface area contributed by atoms with Crippen molar-refractivity contribution >= 4 is 48.3 Å². The van der Waals surface area contributed by atoms with Crippen LogP contribution in [0.5, 0.6) is 0 Å². The third-order valence-corrected chi connectivity index (χ3v) is 5.47. The molecule has 164 valence electrons. The molecule has 0 saturated carbocycles. The molecule has 0 saturated heterocycles. The molecule has 1 aliphatic heterocycles. The number of likely N-dealkylation sites (N-methyl/N-ethyl adjacent to an activating group) is 1. The Hall–Kier alpha value is -1.79. The molecule has 7 nitrogen and oxygen atoms in total. The van der Waals surface area contributed by atoms with Crippen LogP contribution >= 0.6 is 13.5 Å². The van der Waals surface area contributed by atoms with E-state index in [2.05, 4.69) is 23.6 Å². The van der Waals surface area contributed by atoms with Crippen molar-refractivity contribution in [2.75, 3.05) is 16.7 Å². The van der Waals surface area contributed by atoms with E-state index in [1.54, 1.807) is 10.8 Å². The van der Waals surface area contributed by atoms with Crippen LogP contribution in [0.3, 0.4) is 0 Å². The van der Waals surface area contributed by atoms with Gasteiger partial charge in [-0.1, -0.05) is 27.3 Å². The Kier molecular flexibility index (Phi) is 11.8. The standard InChI is InChI=1S/C13H17F3N2O2S.C2H4N2.CH4.H3N.H2S/c1-8-12(2,3)10-6-5-9(7-11(10)18(8)4)17-21(19,20)13(14,15)16;1-3-4-2;;;/h5-8,17H,1-4H3;1-2H2;1H4;1H3;1H2. The fraction of sp³-hybridized carbons (Fsp3) is 0.500. The molecule has 0 aliphatic carbocycles. The lowest BCUT2D eigenvalue weighted by atomic mass is 9.81. The summed E-state index contributed by atoms with van der Waals surface area (Å²) in [7, 11) is -3.56. The van der Waals surface area contributed by atoms with Crippen molar-refractivity contribution in [2.45, 2.75) is 45.2 Å². The molecular formula is C16H30F3N5O2S2. The number of nitrogens with one attached hydrogen (secondary N) is 1. The van der Waals surface area contributed by atoms with Crippen LogP contribution in [0.4, 0.5) is 24.5 Å². The second kappa shape index (κ2) is 10.7. The quantitative estimate of drug-likeness (QED) is 0.534. The van der Waals surface area contributed by atoms with Gasteiger partial charge in [-0.3, -0.25) is 4.72 Å². The zero-order valence-corrected chi connectivity index (χ0v) is 17.4. The largest absolute Gasteiger partial charge is 0.516 e. The lowest BCUT2D eigenvalue weighted by Crippen LogP contribution is -2.36. The van der Waals surface area contributed by atoms with Gasteiger partial charge in [0.05, 0.1) is 5.69 Å². The summed E-state index contributed by atoms with van der Waals surface area (Å²) < 4.78 is 61.0. The summed E-state index contributed by atoms with van der Waals surface area (Å²) in [5.74, 6) is 0. The molecule has 0 aromatic heterocycles. The maximum atomic E-state index is 12.4. The molecule has 1 aliphatic rings. The van der Waals surface area contributed by atoms with Crippen LogP contribution < -0.4 is 15.8 Å². The molecule has 0 radical (unpaired) electrons. The zero-order valence-electron chi connectivity index (χ0n) is 15.6. The number of nitrogens with zero attached hydrogens (tertiary/aromatic N) is 3. The van der Waals surface area contributed by atoms with E-state index in [-0.39, 0.29) is 44.2 Å². The van der Waals surface area contributed by atoms with Crippen LogP contribution in [0.1, 0.15) is 33.8 Å². The van der Waals surface area contributed by atoms with Gasteiger partial charge in [0.15, 0.2) is 0 Å². The Balaban J connectivity index is -0.000000817. The Morgan fingerprint density at radius 3 is 2.07 bits per heavy atom. The van der Waals surface area contributed by atoms with E-state index in [4.69, 9.17) is 0 Å². The van der Waals surface area contributed by atoms with Gasteiger partial charge in [-0.15, -0.1) is 0 Å². The van der Waals surface area contributed by atoms with Crippen LogP contribution in [0, 0.1) is 0 Å². The smallest absolute Gasteiger partial charge is 0.371 e. The highest BCUT2D eigenvalue weighted by Crippen LogP contribution is 2.45. The molecular weight excluding hydrogens is 415 g/mol. The van der Waals surface area contributed by atoms with Crippen LogP contribution in [0.2, 0.25) is 0 Å². The second-order valence-corrected chi connectivity index (χ2v) is 7.75. The number of alkyl halides is 3. The first kappa shape index (κ1) is 30.9. The van der Waals surface area contributed by atoms with E-state index in [0.717, 1.165) is 11.3 Å². The van der Waals surface area contributed by atoms with Crippen LogP contribution in [0.15, 0.2) is 28.4 Å². The first-order valence-electron chi connectivity index (χ1n) is 7.17. The SMILES string of the molecule is C.C=NN=C.CC1N(C)c2cc(NS(=O)(=O)C(F)(F)F)ccc2C1(C)C.N.S. The van der Waals surface area contributed by atoms with Crippen LogP contribution in [0.25, 0.3) is 0 Å². The molecule has 2 rings (SSSR count). The molecule has 0 amide bonds. The molecule has 4 N–H and O–H groups in total. The molecule has 1 aromatic rings. The van der Waals surface area contributed by atoms with Crippen molar-refractivity contribution in [1.29, 1.82) is 0 Å². The predicted molar refractivity (Wildman–Crippen MR) is 117 cm³/mol. The summed E-state index contributed by atoms with van der Waals surface area (Å²) in [5.41, 5.74) is -3.87. The summed E-state index contributed by atoms with van der Waals surface area (Å²) >= 11 is 0. The lowest BCUT2D eigenvalue weighted by molar-refractivity contribution is -0.0429. The van der Waals surface area contributed by atoms with Gasteiger partial charge in [0.1, 0.15) is 0 Å². The van der Waals surface area contributed by atoms with Gasteiger partial charge < -0.3 is 11.1 Å². The highest BCUT2D eigenvalue weighted by atomic mass is 32.2. The highest BCUT2D eigenvalue weighted by molar-refractivity contribution is 7.93. The van der Waals surface area contributed by atoms with Crippen molar-refractivity contribution in [3.8, 4) is 0 Å². The van der Waals surface area contributed by atoms with Gasteiger partial charge in [0.2, 0.25) is 0 Å². The summed E-state index contributed by atoms with van der Waals surface area (Å²) in [6.45, 7) is 12.1. The van der Waals surface area contributed by atoms with Crippen molar-refractivity contribution < 1.29 is 21.6 Å². The van der Waals surface area contributed by atoms with Crippen molar-refractivity contribution in [3.05, 3.63) is 23.8 Å². The number of hydrogen-bond donors (Lipinski definition) is 2. The maximum Gasteiger partial charge on any atom is 0.516 e. The molecule has 0 spiro atoms. The number of benzene rings is 1. The number of sulfonamides is 1. The van der Waals surface area contributed by atoms with E-state index < -0.39 is 15.5 Å². The number of anilines is 2. The topological polar surface area (TPSA) is 109 Å². The van der Waals surface area contributed by atoms with Gasteiger partial charge in [-0.05, 0) is 24.6 Å². The van der Waals surface area contributed by atoms with Crippen molar-refractivity contribution in [3.63, 3.8) is 0 Å². The first-order chi connectivity index (χ1) is 11.3. The summed E-state index contributed by atoms with van der Waals surface area (Å²) in [6, 6.07) is 4.62. The number of fused-ring (bicyclic) bond motifs is 1. The highest BCUT2D eigenvalue weighted by Gasteiger charge is 2.46. The summed E-state index contributed by atoms with van der Waals surface area (Å²) in [4.78, 5) is 1.93. The minimum atomic E-state index is -5.40. The number of rotatable bonds is 3. The monoisotopic (exact) mass is 445 g/mol. The Morgan fingerprint density at radius 2 is 1.68 bits per heavy atom. The Bertz CT molecular complexity index is 762. The molecule has 28 heavy (non-hydrogen) atoms. The molecule has 1 heterocycles. The lowest BCUT2D eigenvalue weighted by Gasteiger charge is -2.28. The third-order valence-electron chi connectivity index (χ3n) is 4.35. The van der Waals surface area contributed by atoms with Crippen molar-refractivity contribution in [2.24, 2.45) is 10.2 Å². The normalized spacial score (nSPS) is 16.7. The maximum absolute atomic E-state index is 12.4. The molecule has 0 bridgehead atoms.